The lowest BCUT2D eigenvalue weighted by Crippen LogP contribution is -1.98. The maximum Gasteiger partial charge on any atom is 0.161 e. The molecule has 0 saturated heterocycles. The third-order valence-electron chi connectivity index (χ3n) is 2.17. The number of rotatable bonds is 2. The first kappa shape index (κ1) is 9.58. The Bertz CT molecular complexity index is 453. The zero-order valence-electron chi connectivity index (χ0n) is 8.73. The number of aryl methyl sites for hydroxylation is 1. The predicted molar refractivity (Wildman–Crippen MR) is 59.5 cm³/mol. The van der Waals surface area contributed by atoms with Crippen molar-refractivity contribution in [3.8, 4) is 11.4 Å². The molecule has 4 heteroatoms. The molecule has 15 heavy (non-hydrogen) atoms. The fourth-order valence-corrected chi connectivity index (χ4v) is 1.35. The van der Waals surface area contributed by atoms with Gasteiger partial charge in [0.05, 0.1) is 17.6 Å². The number of aromatic nitrogens is 3. The second kappa shape index (κ2) is 4.04. The van der Waals surface area contributed by atoms with Crippen LogP contribution in [0.1, 0.15) is 5.69 Å². The minimum atomic E-state index is 0.708. The SMILES string of the molecule is CNc1cnc(-c2cccnc2)nc1C. The molecular weight excluding hydrogens is 188 g/mol. The molecule has 0 fully saturated rings. The lowest BCUT2D eigenvalue weighted by Gasteiger charge is -2.05. The van der Waals surface area contributed by atoms with Crippen LogP contribution in [0.15, 0.2) is 30.7 Å². The fourth-order valence-electron chi connectivity index (χ4n) is 1.35. The summed E-state index contributed by atoms with van der Waals surface area (Å²) >= 11 is 0. The second-order valence-electron chi connectivity index (χ2n) is 3.18. The van der Waals surface area contributed by atoms with Gasteiger partial charge in [0.2, 0.25) is 0 Å². The molecule has 0 aromatic carbocycles. The van der Waals surface area contributed by atoms with Crippen molar-refractivity contribution in [1.29, 1.82) is 0 Å². The summed E-state index contributed by atoms with van der Waals surface area (Å²) in [6.07, 6.45) is 5.27. The smallest absolute Gasteiger partial charge is 0.161 e. The van der Waals surface area contributed by atoms with Crippen molar-refractivity contribution in [2.24, 2.45) is 0 Å². The van der Waals surface area contributed by atoms with Gasteiger partial charge in [0.15, 0.2) is 5.82 Å². The highest BCUT2D eigenvalue weighted by Crippen LogP contribution is 2.16. The summed E-state index contributed by atoms with van der Waals surface area (Å²) in [6.45, 7) is 1.95. The van der Waals surface area contributed by atoms with E-state index in [2.05, 4.69) is 20.3 Å². The van der Waals surface area contributed by atoms with Crippen LogP contribution in [0.5, 0.6) is 0 Å². The van der Waals surface area contributed by atoms with Crippen molar-refractivity contribution < 1.29 is 0 Å². The molecule has 0 unspecified atom stereocenters. The van der Waals surface area contributed by atoms with E-state index in [-0.39, 0.29) is 0 Å². The average molecular weight is 200 g/mol. The summed E-state index contributed by atoms with van der Waals surface area (Å²) in [7, 11) is 1.86. The highest BCUT2D eigenvalue weighted by Gasteiger charge is 2.03. The first-order valence-electron chi connectivity index (χ1n) is 4.73. The molecule has 0 aliphatic rings. The molecule has 76 valence electrons. The number of pyridine rings is 1. The van der Waals surface area contributed by atoms with Crippen molar-refractivity contribution in [1.82, 2.24) is 15.0 Å². The molecule has 0 bridgehead atoms. The van der Waals surface area contributed by atoms with E-state index in [1.54, 1.807) is 18.6 Å². The topological polar surface area (TPSA) is 50.7 Å². The Labute approximate surface area is 88.4 Å². The lowest BCUT2D eigenvalue weighted by atomic mass is 10.2. The van der Waals surface area contributed by atoms with Crippen LogP contribution in [0.25, 0.3) is 11.4 Å². The van der Waals surface area contributed by atoms with Crippen molar-refractivity contribution in [2.75, 3.05) is 12.4 Å². The van der Waals surface area contributed by atoms with Gasteiger partial charge in [-0.05, 0) is 19.1 Å². The zero-order chi connectivity index (χ0) is 10.7. The largest absolute Gasteiger partial charge is 0.385 e. The van der Waals surface area contributed by atoms with Gasteiger partial charge in [0.1, 0.15) is 0 Å². The number of hydrogen-bond donors (Lipinski definition) is 1. The molecule has 2 aromatic heterocycles. The van der Waals surface area contributed by atoms with E-state index in [0.717, 1.165) is 16.9 Å². The summed E-state index contributed by atoms with van der Waals surface area (Å²) in [5, 5.41) is 3.03. The first-order chi connectivity index (χ1) is 7.31. The Morgan fingerprint density at radius 3 is 2.73 bits per heavy atom. The minimum absolute atomic E-state index is 0.708. The fraction of sp³-hybridized carbons (Fsp3) is 0.182. The zero-order valence-corrected chi connectivity index (χ0v) is 8.73. The highest BCUT2D eigenvalue weighted by atomic mass is 14.9. The van der Waals surface area contributed by atoms with Gasteiger partial charge in [0, 0.05) is 25.0 Å². The maximum absolute atomic E-state index is 4.40. The molecule has 4 nitrogen and oxygen atoms in total. The summed E-state index contributed by atoms with van der Waals surface area (Å²) in [6, 6.07) is 3.82. The van der Waals surface area contributed by atoms with E-state index < -0.39 is 0 Å². The van der Waals surface area contributed by atoms with Gasteiger partial charge in [-0.3, -0.25) is 4.98 Å². The monoisotopic (exact) mass is 200 g/mol. The van der Waals surface area contributed by atoms with Gasteiger partial charge in [-0.1, -0.05) is 0 Å². The van der Waals surface area contributed by atoms with Crippen molar-refractivity contribution >= 4 is 5.69 Å². The minimum Gasteiger partial charge on any atom is -0.385 e. The molecule has 0 spiro atoms. The normalized spacial score (nSPS) is 10.0. The van der Waals surface area contributed by atoms with E-state index >= 15 is 0 Å². The number of anilines is 1. The third-order valence-corrected chi connectivity index (χ3v) is 2.17. The molecule has 2 aromatic rings. The van der Waals surface area contributed by atoms with E-state index in [1.165, 1.54) is 0 Å². The number of nitrogens with one attached hydrogen (secondary N) is 1. The van der Waals surface area contributed by atoms with Crippen molar-refractivity contribution in [2.45, 2.75) is 6.92 Å². The summed E-state index contributed by atoms with van der Waals surface area (Å²) in [4.78, 5) is 12.7. The summed E-state index contributed by atoms with van der Waals surface area (Å²) < 4.78 is 0. The standard InChI is InChI=1S/C11H12N4/c1-8-10(12-2)7-14-11(15-8)9-4-3-5-13-6-9/h3-7,12H,1-2H3. The van der Waals surface area contributed by atoms with Crippen LogP contribution in [-0.2, 0) is 0 Å². The van der Waals surface area contributed by atoms with E-state index in [1.807, 2.05) is 26.1 Å². The van der Waals surface area contributed by atoms with E-state index in [9.17, 15) is 0 Å². The van der Waals surface area contributed by atoms with E-state index in [4.69, 9.17) is 0 Å². The molecule has 0 amide bonds. The van der Waals surface area contributed by atoms with Gasteiger partial charge < -0.3 is 5.32 Å². The molecule has 1 N–H and O–H groups in total. The Morgan fingerprint density at radius 2 is 2.13 bits per heavy atom. The van der Waals surface area contributed by atoms with Crippen molar-refractivity contribution in [3.63, 3.8) is 0 Å². The van der Waals surface area contributed by atoms with Gasteiger partial charge in [0.25, 0.3) is 0 Å². The van der Waals surface area contributed by atoms with Gasteiger partial charge in [-0.25, -0.2) is 9.97 Å². The molecule has 0 aliphatic heterocycles. The van der Waals surface area contributed by atoms with Gasteiger partial charge in [-0.15, -0.1) is 0 Å². The quantitative estimate of drug-likeness (QED) is 0.804. The molecule has 0 atom stereocenters. The molecule has 0 aliphatic carbocycles. The highest BCUT2D eigenvalue weighted by molar-refractivity contribution is 5.56. The molecular formula is C11H12N4. The molecule has 0 saturated carbocycles. The molecule has 0 radical (unpaired) electrons. The van der Waals surface area contributed by atoms with Crippen LogP contribution < -0.4 is 5.32 Å². The predicted octanol–water partition coefficient (Wildman–Crippen LogP) is 1.89. The van der Waals surface area contributed by atoms with Crippen LogP contribution in [0.3, 0.4) is 0 Å². The average Bonchev–Trinajstić information content (AvgIpc) is 2.30. The Morgan fingerprint density at radius 1 is 1.27 bits per heavy atom. The van der Waals surface area contributed by atoms with Crippen LogP contribution in [0.4, 0.5) is 5.69 Å². The van der Waals surface area contributed by atoms with Gasteiger partial charge in [-0.2, -0.15) is 0 Å². The number of nitrogens with zero attached hydrogens (tertiary/aromatic N) is 3. The van der Waals surface area contributed by atoms with Crippen LogP contribution in [0, 0.1) is 6.92 Å². The molecule has 2 rings (SSSR count). The summed E-state index contributed by atoms with van der Waals surface area (Å²) in [5.41, 5.74) is 2.82. The second-order valence-corrected chi connectivity index (χ2v) is 3.18. The van der Waals surface area contributed by atoms with Crippen molar-refractivity contribution in [3.05, 3.63) is 36.4 Å². The molecule has 2 heterocycles. The Balaban J connectivity index is 2.43. The van der Waals surface area contributed by atoms with Crippen LogP contribution in [-0.4, -0.2) is 22.0 Å². The lowest BCUT2D eigenvalue weighted by molar-refractivity contribution is 1.10. The number of hydrogen-bond acceptors (Lipinski definition) is 4. The Kier molecular flexibility index (Phi) is 2.58. The maximum atomic E-state index is 4.40. The van der Waals surface area contributed by atoms with Crippen LogP contribution in [0.2, 0.25) is 0 Å². The summed E-state index contributed by atoms with van der Waals surface area (Å²) in [5.74, 6) is 0.708. The van der Waals surface area contributed by atoms with Crippen LogP contribution >= 0.6 is 0 Å². The Hall–Kier alpha value is -1.97. The first-order valence-corrected chi connectivity index (χ1v) is 4.73. The van der Waals surface area contributed by atoms with E-state index in [0.29, 0.717) is 5.82 Å². The van der Waals surface area contributed by atoms with Gasteiger partial charge >= 0.3 is 0 Å². The third kappa shape index (κ3) is 1.93.